The van der Waals surface area contributed by atoms with Crippen LogP contribution in [0, 0.1) is 32.3 Å². The Labute approximate surface area is 357 Å². The van der Waals surface area contributed by atoms with E-state index in [-0.39, 0.29) is 66.7 Å². The summed E-state index contributed by atoms with van der Waals surface area (Å²) >= 11 is 0. The van der Waals surface area contributed by atoms with Gasteiger partial charge in [-0.05, 0) is 93.5 Å². The summed E-state index contributed by atoms with van der Waals surface area (Å²) < 4.78 is 10.2. The van der Waals surface area contributed by atoms with E-state index in [2.05, 4.69) is 15.0 Å². The molecule has 0 saturated carbocycles. The average Bonchev–Trinajstić information content (AvgIpc) is 3.25. The van der Waals surface area contributed by atoms with Gasteiger partial charge in [-0.3, -0.25) is 0 Å². The minimum atomic E-state index is -1.03. The standard InChI is InChI=1S/C43H42N10O10/c1-29-12-15-32(22-35(29)46-27-55)51-39(58)48(19-9-5-4-8-18-45-26-54)38(57)49(40(51)59)20-10-6-7-11-21-50-41(60)52(33-16-13-30(2)36(23-33)47-28-56)43(62)53(42(50)61)34-17-14-31(3)37(24-34)63-25-44/h12-17,22-24H,4-11,18-21H2,1-3H3. The lowest BCUT2D eigenvalue weighted by molar-refractivity contribution is 0.445. The number of aryl methyl sites for hydroxylation is 3. The van der Waals surface area contributed by atoms with Crippen molar-refractivity contribution in [3.63, 3.8) is 0 Å². The van der Waals surface area contributed by atoms with E-state index in [1.165, 1.54) is 54.6 Å². The summed E-state index contributed by atoms with van der Waals surface area (Å²) in [6, 6.07) is 13.1. The molecule has 324 valence electrons. The maximum Gasteiger partial charge on any atom is 0.345 e. The van der Waals surface area contributed by atoms with Crippen LogP contribution in [0.5, 0.6) is 5.75 Å². The molecule has 0 aliphatic carbocycles. The average molecular weight is 859 g/mol. The number of carbonyl (C=O) groups excluding carboxylic acids is 3. The zero-order valence-electron chi connectivity index (χ0n) is 34.7. The Morgan fingerprint density at radius 2 is 0.889 bits per heavy atom. The Balaban J connectivity index is 1.44. The lowest BCUT2D eigenvalue weighted by Crippen LogP contribution is -2.54. The molecule has 2 heterocycles. The molecule has 0 radical (unpaired) electrons. The first kappa shape index (κ1) is 46.0. The molecule has 20 heteroatoms. The first-order valence-electron chi connectivity index (χ1n) is 19.9. The minimum Gasteiger partial charge on any atom is -0.388 e. The molecule has 0 bridgehead atoms. The molecule has 3 aromatic carbocycles. The van der Waals surface area contributed by atoms with Crippen molar-refractivity contribution < 1.29 is 19.1 Å². The van der Waals surface area contributed by atoms with Gasteiger partial charge in [-0.15, -0.1) is 5.26 Å². The van der Waals surface area contributed by atoms with E-state index in [1.807, 2.05) is 0 Å². The smallest absolute Gasteiger partial charge is 0.345 e. The zero-order chi connectivity index (χ0) is 45.6. The van der Waals surface area contributed by atoms with Crippen molar-refractivity contribution in [1.29, 1.82) is 5.26 Å². The minimum absolute atomic E-state index is 0.00200. The van der Waals surface area contributed by atoms with E-state index >= 15 is 0 Å². The van der Waals surface area contributed by atoms with Gasteiger partial charge in [0.05, 0.1) is 35.0 Å². The fourth-order valence-electron chi connectivity index (χ4n) is 6.91. The van der Waals surface area contributed by atoms with Crippen molar-refractivity contribution in [2.75, 3.05) is 6.54 Å². The van der Waals surface area contributed by atoms with Crippen molar-refractivity contribution in [3.05, 3.63) is 134 Å². The highest BCUT2D eigenvalue weighted by Crippen LogP contribution is 2.23. The Morgan fingerprint density at radius 1 is 0.492 bits per heavy atom. The Kier molecular flexibility index (Phi) is 15.6. The molecular weight excluding hydrogens is 817 g/mol. The Bertz CT molecular complexity index is 3110. The van der Waals surface area contributed by atoms with E-state index in [4.69, 9.17) is 10.00 Å². The van der Waals surface area contributed by atoms with Crippen LogP contribution in [-0.2, 0) is 34.0 Å². The third kappa shape index (κ3) is 10.4. The molecule has 0 fully saturated rings. The predicted octanol–water partition coefficient (Wildman–Crippen LogP) is 3.50. The highest BCUT2D eigenvalue weighted by molar-refractivity contribution is 5.59. The third-order valence-electron chi connectivity index (χ3n) is 10.3. The fraction of sp³-hybridized carbons (Fsp3) is 0.349. The number of unbranched alkanes of at least 4 members (excludes halogenated alkanes) is 6. The maximum absolute atomic E-state index is 14.0. The first-order valence-corrected chi connectivity index (χ1v) is 19.9. The second-order valence-electron chi connectivity index (χ2n) is 14.4. The topological polar surface area (TPSA) is 253 Å². The monoisotopic (exact) mass is 858 g/mol. The van der Waals surface area contributed by atoms with Gasteiger partial charge in [0.2, 0.25) is 18.2 Å². The number of isocyanates is 3. The quantitative estimate of drug-likeness (QED) is 0.0474. The highest BCUT2D eigenvalue weighted by atomic mass is 16.5. The summed E-state index contributed by atoms with van der Waals surface area (Å²) in [5.74, 6) is 0.0820. The molecule has 0 aliphatic rings. The summed E-state index contributed by atoms with van der Waals surface area (Å²) in [5, 5.41) is 9.16. The van der Waals surface area contributed by atoms with Gasteiger partial charge in [0.15, 0.2) is 0 Å². The maximum atomic E-state index is 14.0. The summed E-state index contributed by atoms with van der Waals surface area (Å²) in [5.41, 5.74) is -3.38. The van der Waals surface area contributed by atoms with E-state index in [0.29, 0.717) is 61.8 Å². The summed E-state index contributed by atoms with van der Waals surface area (Å²) in [6.07, 6.45) is 9.56. The van der Waals surface area contributed by atoms with Crippen LogP contribution in [0.1, 0.15) is 68.1 Å². The van der Waals surface area contributed by atoms with Crippen molar-refractivity contribution in [1.82, 2.24) is 27.4 Å². The number of rotatable bonds is 20. The van der Waals surface area contributed by atoms with Crippen molar-refractivity contribution in [2.24, 2.45) is 15.0 Å². The second kappa shape index (κ2) is 21.4. The Hall–Kier alpha value is -8.09. The van der Waals surface area contributed by atoms with Gasteiger partial charge in [-0.2, -0.15) is 9.98 Å². The van der Waals surface area contributed by atoms with E-state index in [1.54, 1.807) is 45.2 Å². The first-order chi connectivity index (χ1) is 30.4. The fourth-order valence-corrected chi connectivity index (χ4v) is 6.91. The zero-order valence-corrected chi connectivity index (χ0v) is 34.7. The van der Waals surface area contributed by atoms with Crippen LogP contribution in [0.25, 0.3) is 17.1 Å². The predicted molar refractivity (Wildman–Crippen MR) is 228 cm³/mol. The van der Waals surface area contributed by atoms with Crippen LogP contribution in [0.2, 0.25) is 0 Å². The number of ether oxygens (including phenoxy) is 1. The van der Waals surface area contributed by atoms with Gasteiger partial charge in [-0.1, -0.05) is 43.9 Å². The lowest BCUT2D eigenvalue weighted by Gasteiger charge is -2.16. The van der Waals surface area contributed by atoms with Gasteiger partial charge in [-0.25, -0.2) is 75.5 Å². The largest absolute Gasteiger partial charge is 0.388 e. The number of nitriles is 1. The summed E-state index contributed by atoms with van der Waals surface area (Å²) in [6.45, 7) is 5.07. The second-order valence-corrected chi connectivity index (χ2v) is 14.4. The number of hydrogen-bond donors (Lipinski definition) is 0. The summed E-state index contributed by atoms with van der Waals surface area (Å²) in [4.78, 5) is 127. The van der Waals surface area contributed by atoms with Gasteiger partial charge in [0.25, 0.3) is 6.26 Å². The molecule has 0 saturated heterocycles. The molecule has 0 aliphatic heterocycles. The molecule has 2 aromatic heterocycles. The van der Waals surface area contributed by atoms with E-state index < -0.39 is 34.1 Å². The van der Waals surface area contributed by atoms with Crippen LogP contribution < -0.4 is 38.9 Å². The van der Waals surface area contributed by atoms with Gasteiger partial charge in [0, 0.05) is 25.7 Å². The molecule has 0 unspecified atom stereocenters. The van der Waals surface area contributed by atoms with Crippen molar-refractivity contribution in [3.8, 4) is 29.1 Å². The van der Waals surface area contributed by atoms with E-state index in [9.17, 15) is 43.2 Å². The molecule has 0 N–H and O–H groups in total. The van der Waals surface area contributed by atoms with Crippen LogP contribution in [-0.4, -0.2) is 52.2 Å². The van der Waals surface area contributed by atoms with E-state index in [0.717, 1.165) is 27.4 Å². The molecule has 0 atom stereocenters. The molecule has 5 rings (SSSR count). The number of hydrogen-bond acceptors (Lipinski definition) is 14. The molecule has 63 heavy (non-hydrogen) atoms. The number of aromatic nitrogens is 6. The van der Waals surface area contributed by atoms with Crippen LogP contribution >= 0.6 is 0 Å². The van der Waals surface area contributed by atoms with Crippen LogP contribution in [0.15, 0.2) is 98.3 Å². The number of benzene rings is 3. The Morgan fingerprint density at radius 3 is 1.32 bits per heavy atom. The van der Waals surface area contributed by atoms with Gasteiger partial charge in [0.1, 0.15) is 5.75 Å². The number of nitrogens with zero attached hydrogens (tertiary/aromatic N) is 10. The molecule has 5 aromatic rings. The van der Waals surface area contributed by atoms with Crippen LogP contribution in [0.4, 0.5) is 11.4 Å². The van der Waals surface area contributed by atoms with Gasteiger partial charge < -0.3 is 4.74 Å². The third-order valence-corrected chi connectivity index (χ3v) is 10.3. The van der Waals surface area contributed by atoms with Crippen LogP contribution in [0.3, 0.4) is 0 Å². The van der Waals surface area contributed by atoms with Crippen molar-refractivity contribution in [2.45, 2.75) is 91.8 Å². The SMILES string of the molecule is Cc1ccc(-n2c(=O)n(CCCCCCN=C=O)c(=O)n(CCCCCCn3c(=O)n(-c4ccc(C)c(N=C=O)c4)c(=O)n(-c4ccc(C)c(OC#N)c4)c3=O)c2=O)cc1N=C=O. The van der Waals surface area contributed by atoms with Crippen molar-refractivity contribution >= 4 is 29.6 Å². The molecule has 0 amide bonds. The molecule has 0 spiro atoms. The highest BCUT2D eigenvalue weighted by Gasteiger charge is 2.21. The molecule has 20 nitrogen and oxygen atoms in total. The lowest BCUT2D eigenvalue weighted by atomic mass is 10.2. The molecular formula is C43H42N10O10. The summed E-state index contributed by atoms with van der Waals surface area (Å²) in [7, 11) is 0. The normalized spacial score (nSPS) is 10.6. The van der Waals surface area contributed by atoms with Gasteiger partial charge >= 0.3 is 34.1 Å². The number of aliphatic imine (C=N–C) groups is 3.